The van der Waals surface area contributed by atoms with E-state index >= 15 is 0 Å². The van der Waals surface area contributed by atoms with Gasteiger partial charge in [0.2, 0.25) is 11.8 Å². The van der Waals surface area contributed by atoms with Crippen LogP contribution in [0.4, 0.5) is 0 Å². The molecule has 0 saturated carbocycles. The van der Waals surface area contributed by atoms with Gasteiger partial charge in [-0.2, -0.15) is 5.10 Å². The molecule has 2 saturated heterocycles. The summed E-state index contributed by atoms with van der Waals surface area (Å²) < 4.78 is 7.73. The largest absolute Gasteiger partial charge is 0.474 e. The van der Waals surface area contributed by atoms with E-state index in [1.54, 1.807) is 10.9 Å². The van der Waals surface area contributed by atoms with Crippen LogP contribution in [0.15, 0.2) is 36.8 Å². The highest BCUT2D eigenvalue weighted by Crippen LogP contribution is 2.30. The lowest BCUT2D eigenvalue weighted by Crippen LogP contribution is -2.45. The number of pyridine rings is 1. The molecule has 2 aromatic heterocycles. The van der Waals surface area contributed by atoms with Gasteiger partial charge >= 0.3 is 0 Å². The van der Waals surface area contributed by atoms with Gasteiger partial charge in [0.25, 0.3) is 0 Å². The third-order valence-corrected chi connectivity index (χ3v) is 5.36. The Morgan fingerprint density at radius 3 is 2.64 bits per heavy atom. The highest BCUT2D eigenvalue weighted by molar-refractivity contribution is 5.85. The zero-order valence-corrected chi connectivity index (χ0v) is 17.5. The summed E-state index contributed by atoms with van der Waals surface area (Å²) in [7, 11) is 1.91. The fourth-order valence-electron chi connectivity index (χ4n) is 3.94. The summed E-state index contributed by atoms with van der Waals surface area (Å²) in [4.78, 5) is 19.3. The van der Waals surface area contributed by atoms with E-state index in [-0.39, 0.29) is 48.7 Å². The summed E-state index contributed by atoms with van der Waals surface area (Å²) in [6.45, 7) is 3.06. The van der Waals surface area contributed by atoms with Gasteiger partial charge in [-0.1, -0.05) is 6.07 Å². The van der Waals surface area contributed by atoms with Gasteiger partial charge in [-0.3, -0.25) is 9.48 Å². The molecule has 2 aromatic rings. The normalized spacial score (nSPS) is 22.2. The summed E-state index contributed by atoms with van der Waals surface area (Å²) in [5.41, 5.74) is 1.14. The second-order valence-corrected chi connectivity index (χ2v) is 7.13. The molecule has 0 spiro atoms. The van der Waals surface area contributed by atoms with Crippen LogP contribution in [-0.2, 0) is 11.8 Å². The molecule has 9 heteroatoms. The Kier molecular flexibility index (Phi) is 8.10. The van der Waals surface area contributed by atoms with Gasteiger partial charge < -0.3 is 15.0 Å². The number of carbonyl (C=O) groups excluding carboxylic acids is 1. The van der Waals surface area contributed by atoms with Crippen LogP contribution in [0.2, 0.25) is 0 Å². The zero-order chi connectivity index (χ0) is 17.9. The molecule has 0 aliphatic carbocycles. The minimum absolute atomic E-state index is 0. The van der Waals surface area contributed by atoms with E-state index in [2.05, 4.69) is 15.4 Å². The van der Waals surface area contributed by atoms with E-state index in [0.29, 0.717) is 5.88 Å². The summed E-state index contributed by atoms with van der Waals surface area (Å²) in [6.07, 6.45) is 7.46. The van der Waals surface area contributed by atoms with E-state index < -0.39 is 0 Å². The second kappa shape index (κ2) is 10.1. The molecule has 2 fully saturated rings. The first kappa shape index (κ1) is 22.5. The van der Waals surface area contributed by atoms with Gasteiger partial charge in [-0.25, -0.2) is 4.98 Å². The number of ether oxygens (including phenoxy) is 1. The van der Waals surface area contributed by atoms with Crippen LogP contribution in [0.25, 0.3) is 0 Å². The molecule has 4 heterocycles. The molecule has 28 heavy (non-hydrogen) atoms. The standard InChI is InChI=1S/C19H25N5O2.2ClH/c1-23-13-14(10-22-23)16-11-20-12-17(16)19(25)24-8-5-15(6-9-24)26-18-4-2-3-7-21-18;;/h2-4,7,10,13,15-17,20H,5-6,8-9,11-12H2,1H3;2*1H/t16-,17+;;/m1../s1. The maximum atomic E-state index is 13.1. The number of carbonyl (C=O) groups is 1. The molecule has 2 aliphatic heterocycles. The predicted molar refractivity (Wildman–Crippen MR) is 111 cm³/mol. The van der Waals surface area contributed by atoms with Crippen molar-refractivity contribution in [1.29, 1.82) is 0 Å². The third kappa shape index (κ3) is 4.96. The molecule has 0 unspecified atom stereocenters. The lowest BCUT2D eigenvalue weighted by atomic mass is 9.89. The van der Waals surface area contributed by atoms with Crippen LogP contribution < -0.4 is 10.1 Å². The Balaban J connectivity index is 0.00000140. The van der Waals surface area contributed by atoms with Crippen LogP contribution in [0.1, 0.15) is 24.3 Å². The molecule has 1 amide bonds. The van der Waals surface area contributed by atoms with Crippen molar-refractivity contribution in [2.45, 2.75) is 24.9 Å². The molecular weight excluding hydrogens is 401 g/mol. The molecule has 1 N–H and O–H groups in total. The number of halogens is 2. The van der Waals surface area contributed by atoms with Crippen molar-refractivity contribution in [2.75, 3.05) is 26.2 Å². The Morgan fingerprint density at radius 2 is 2.00 bits per heavy atom. The SMILES string of the molecule is Cl.Cl.Cn1cc([C@H]2CNC[C@@H]2C(=O)N2CCC(Oc3ccccn3)CC2)cn1. The molecule has 2 atom stereocenters. The summed E-state index contributed by atoms with van der Waals surface area (Å²) in [5, 5.41) is 7.63. The number of rotatable bonds is 4. The number of piperidine rings is 1. The van der Waals surface area contributed by atoms with Crippen molar-refractivity contribution < 1.29 is 9.53 Å². The van der Waals surface area contributed by atoms with Gasteiger partial charge in [-0.15, -0.1) is 24.8 Å². The van der Waals surface area contributed by atoms with E-state index in [0.717, 1.165) is 44.6 Å². The lowest BCUT2D eigenvalue weighted by Gasteiger charge is -2.34. The zero-order valence-electron chi connectivity index (χ0n) is 15.9. The van der Waals surface area contributed by atoms with Crippen LogP contribution in [-0.4, -0.2) is 57.9 Å². The van der Waals surface area contributed by atoms with Gasteiger partial charge in [-0.05, 0) is 11.6 Å². The number of nitrogens with one attached hydrogen (secondary N) is 1. The number of amides is 1. The molecule has 0 bridgehead atoms. The fraction of sp³-hybridized carbons (Fsp3) is 0.526. The quantitative estimate of drug-likeness (QED) is 0.807. The average Bonchev–Trinajstić information content (AvgIpc) is 3.31. The second-order valence-electron chi connectivity index (χ2n) is 7.13. The molecule has 4 rings (SSSR count). The molecule has 154 valence electrons. The Bertz CT molecular complexity index is 750. The maximum Gasteiger partial charge on any atom is 0.227 e. The van der Waals surface area contributed by atoms with Crippen molar-refractivity contribution in [3.8, 4) is 5.88 Å². The maximum absolute atomic E-state index is 13.1. The van der Waals surface area contributed by atoms with Crippen LogP contribution >= 0.6 is 24.8 Å². The third-order valence-electron chi connectivity index (χ3n) is 5.36. The minimum atomic E-state index is -0.00698. The Labute approximate surface area is 177 Å². The number of likely N-dealkylation sites (tertiary alicyclic amines) is 1. The number of hydrogen-bond acceptors (Lipinski definition) is 5. The van der Waals surface area contributed by atoms with Crippen molar-refractivity contribution in [1.82, 2.24) is 25.0 Å². The first-order valence-corrected chi connectivity index (χ1v) is 9.26. The average molecular weight is 428 g/mol. The van der Waals surface area contributed by atoms with Gasteiger partial charge in [0.1, 0.15) is 6.10 Å². The van der Waals surface area contributed by atoms with Crippen molar-refractivity contribution in [3.63, 3.8) is 0 Å². The lowest BCUT2D eigenvalue weighted by molar-refractivity contribution is -0.137. The van der Waals surface area contributed by atoms with E-state index in [1.807, 2.05) is 42.5 Å². The van der Waals surface area contributed by atoms with E-state index in [4.69, 9.17) is 4.74 Å². The molecule has 0 radical (unpaired) electrons. The van der Waals surface area contributed by atoms with Crippen LogP contribution in [0.3, 0.4) is 0 Å². The van der Waals surface area contributed by atoms with Gasteiger partial charge in [0, 0.05) is 70.4 Å². The Hall–Kier alpha value is -1.83. The van der Waals surface area contributed by atoms with Crippen LogP contribution in [0, 0.1) is 5.92 Å². The minimum Gasteiger partial charge on any atom is -0.474 e. The monoisotopic (exact) mass is 427 g/mol. The first-order valence-electron chi connectivity index (χ1n) is 9.26. The summed E-state index contributed by atoms with van der Waals surface area (Å²) in [5.74, 6) is 1.11. The Morgan fingerprint density at radius 1 is 1.21 bits per heavy atom. The molecule has 0 aromatic carbocycles. The highest BCUT2D eigenvalue weighted by atomic mass is 35.5. The van der Waals surface area contributed by atoms with Crippen LogP contribution in [0.5, 0.6) is 5.88 Å². The number of hydrogen-bond donors (Lipinski definition) is 1. The predicted octanol–water partition coefficient (Wildman–Crippen LogP) is 2.03. The van der Waals surface area contributed by atoms with E-state index in [1.165, 1.54) is 0 Å². The summed E-state index contributed by atoms with van der Waals surface area (Å²) in [6, 6.07) is 5.68. The molecule has 2 aliphatic rings. The fourth-order valence-corrected chi connectivity index (χ4v) is 3.94. The summed E-state index contributed by atoms with van der Waals surface area (Å²) >= 11 is 0. The van der Waals surface area contributed by atoms with Crippen molar-refractivity contribution in [3.05, 3.63) is 42.4 Å². The molecule has 7 nitrogen and oxygen atoms in total. The highest BCUT2D eigenvalue weighted by Gasteiger charge is 2.38. The smallest absolute Gasteiger partial charge is 0.227 e. The van der Waals surface area contributed by atoms with E-state index in [9.17, 15) is 4.79 Å². The van der Waals surface area contributed by atoms with Crippen molar-refractivity contribution in [2.24, 2.45) is 13.0 Å². The molecular formula is C19H27Cl2N5O2. The number of aromatic nitrogens is 3. The number of nitrogens with zero attached hydrogens (tertiary/aromatic N) is 4. The van der Waals surface area contributed by atoms with Gasteiger partial charge in [0.15, 0.2) is 0 Å². The number of aryl methyl sites for hydroxylation is 1. The van der Waals surface area contributed by atoms with Gasteiger partial charge in [0.05, 0.1) is 12.1 Å². The van der Waals surface area contributed by atoms with Crippen molar-refractivity contribution >= 4 is 30.7 Å². The topological polar surface area (TPSA) is 72.3 Å². The first-order chi connectivity index (χ1) is 12.7.